The Morgan fingerprint density at radius 2 is 2.33 bits per heavy atom. The highest BCUT2D eigenvalue weighted by Gasteiger charge is 2.39. The second-order valence-electron chi connectivity index (χ2n) is 6.47. The number of alkyl halides is 2. The second-order valence-corrected chi connectivity index (χ2v) is 6.47. The number of pyridine rings is 1. The van der Waals surface area contributed by atoms with E-state index in [1.807, 2.05) is 4.90 Å². The molecule has 0 aromatic carbocycles. The Morgan fingerprint density at radius 3 is 3.00 bits per heavy atom. The first-order chi connectivity index (χ1) is 11.6. The van der Waals surface area contributed by atoms with Gasteiger partial charge in [-0.15, -0.1) is 0 Å². The van der Waals surface area contributed by atoms with Crippen LogP contribution in [0.15, 0.2) is 18.3 Å². The van der Waals surface area contributed by atoms with E-state index in [4.69, 9.17) is 0 Å². The predicted octanol–water partition coefficient (Wildman–Crippen LogP) is 1.97. The fourth-order valence-corrected chi connectivity index (χ4v) is 3.49. The summed E-state index contributed by atoms with van der Waals surface area (Å²) < 4.78 is 28.4. The van der Waals surface area contributed by atoms with Crippen LogP contribution in [0.5, 0.6) is 5.75 Å². The number of nitrogens with one attached hydrogen (secondary N) is 2. The fourth-order valence-electron chi connectivity index (χ4n) is 3.49. The molecule has 24 heavy (non-hydrogen) atoms. The molecule has 0 bridgehead atoms. The zero-order valence-electron chi connectivity index (χ0n) is 13.4. The van der Waals surface area contributed by atoms with Crippen molar-refractivity contribution in [3.63, 3.8) is 0 Å². The number of urea groups is 1. The molecule has 1 unspecified atom stereocenters. The van der Waals surface area contributed by atoms with Gasteiger partial charge in [0, 0.05) is 25.0 Å². The minimum atomic E-state index is -2.87. The number of carbonyl (C=O) groups excluding carboxylic acids is 1. The van der Waals surface area contributed by atoms with E-state index in [1.54, 1.807) is 6.07 Å². The van der Waals surface area contributed by atoms with Crippen molar-refractivity contribution in [3.8, 4) is 5.75 Å². The molecule has 8 heteroatoms. The number of hydrogen-bond acceptors (Lipinski definition) is 4. The highest BCUT2D eigenvalue weighted by Crippen LogP contribution is 2.35. The number of ether oxygens (including phenoxy) is 1. The van der Waals surface area contributed by atoms with Gasteiger partial charge in [0.1, 0.15) is 5.75 Å². The van der Waals surface area contributed by atoms with Gasteiger partial charge in [-0.3, -0.25) is 4.98 Å². The van der Waals surface area contributed by atoms with Crippen LogP contribution in [-0.4, -0.2) is 48.7 Å². The number of likely N-dealkylation sites (tertiary alicyclic amines) is 1. The van der Waals surface area contributed by atoms with Gasteiger partial charge in [0.15, 0.2) is 0 Å². The lowest BCUT2D eigenvalue weighted by Crippen LogP contribution is -2.50. The number of carbonyl (C=O) groups is 1. The molecule has 1 spiro atoms. The van der Waals surface area contributed by atoms with Gasteiger partial charge in [0.25, 0.3) is 0 Å². The zero-order chi connectivity index (χ0) is 17.0. The summed E-state index contributed by atoms with van der Waals surface area (Å²) >= 11 is 0. The number of nitrogens with zero attached hydrogens (tertiary/aromatic N) is 2. The van der Waals surface area contributed by atoms with Gasteiger partial charge in [-0.25, -0.2) is 4.79 Å². The molecule has 3 rings (SSSR count). The molecule has 2 N–H and O–H groups in total. The van der Waals surface area contributed by atoms with Crippen molar-refractivity contribution in [1.82, 2.24) is 20.5 Å². The lowest BCUT2D eigenvalue weighted by Gasteiger charge is -2.39. The fraction of sp³-hybridized carbons (Fsp3) is 0.625. The molecule has 6 nitrogen and oxygen atoms in total. The van der Waals surface area contributed by atoms with Crippen molar-refractivity contribution < 1.29 is 18.3 Å². The van der Waals surface area contributed by atoms with Gasteiger partial charge in [0.05, 0.1) is 18.4 Å². The Hall–Kier alpha value is -1.96. The standard InChI is InChI=1S/C16H22F2N4O2/c17-14(18)24-13-3-2-12(20-9-13)8-21-15(23)22-7-1-4-16(11-22)5-6-19-10-16/h2-3,9,14,19H,1,4-8,10-11H2,(H,21,23). The van der Waals surface area contributed by atoms with E-state index in [-0.39, 0.29) is 23.7 Å². The van der Waals surface area contributed by atoms with Crippen LogP contribution in [0.4, 0.5) is 13.6 Å². The molecule has 2 saturated heterocycles. The third kappa shape index (κ3) is 4.11. The Kier molecular flexibility index (Phi) is 5.13. The van der Waals surface area contributed by atoms with Gasteiger partial charge in [0.2, 0.25) is 0 Å². The summed E-state index contributed by atoms with van der Waals surface area (Å²) in [5.74, 6) is 0.00628. The second kappa shape index (κ2) is 7.29. The summed E-state index contributed by atoms with van der Waals surface area (Å²) in [6.45, 7) is 0.933. The molecule has 1 aromatic rings. The SMILES string of the molecule is O=C(NCc1ccc(OC(F)F)cn1)N1CCCC2(CCNC2)C1. The van der Waals surface area contributed by atoms with Crippen molar-refractivity contribution >= 4 is 6.03 Å². The Morgan fingerprint density at radius 1 is 1.46 bits per heavy atom. The molecule has 2 fully saturated rings. The molecule has 0 saturated carbocycles. The predicted molar refractivity (Wildman–Crippen MR) is 83.8 cm³/mol. The monoisotopic (exact) mass is 340 g/mol. The maximum atomic E-state index is 12.4. The molecule has 0 aliphatic carbocycles. The number of hydrogen-bond donors (Lipinski definition) is 2. The van der Waals surface area contributed by atoms with Crippen LogP contribution in [0.1, 0.15) is 25.0 Å². The summed E-state index contributed by atoms with van der Waals surface area (Å²) in [5.41, 5.74) is 0.821. The molecular weight excluding hydrogens is 318 g/mol. The highest BCUT2D eigenvalue weighted by molar-refractivity contribution is 5.74. The van der Waals surface area contributed by atoms with Crippen molar-refractivity contribution in [1.29, 1.82) is 0 Å². The number of piperidine rings is 1. The lowest BCUT2D eigenvalue weighted by molar-refractivity contribution is -0.0500. The first-order valence-corrected chi connectivity index (χ1v) is 8.20. The van der Waals surface area contributed by atoms with E-state index in [1.165, 1.54) is 12.3 Å². The molecule has 1 aromatic heterocycles. The van der Waals surface area contributed by atoms with E-state index in [0.29, 0.717) is 5.69 Å². The maximum Gasteiger partial charge on any atom is 0.387 e. The van der Waals surface area contributed by atoms with Crippen molar-refractivity contribution in [3.05, 3.63) is 24.0 Å². The number of rotatable bonds is 4. The van der Waals surface area contributed by atoms with E-state index >= 15 is 0 Å². The first-order valence-electron chi connectivity index (χ1n) is 8.20. The van der Waals surface area contributed by atoms with E-state index in [2.05, 4.69) is 20.4 Å². The average molecular weight is 340 g/mol. The van der Waals surface area contributed by atoms with Crippen molar-refractivity contribution in [2.45, 2.75) is 32.4 Å². The molecule has 3 heterocycles. The highest BCUT2D eigenvalue weighted by atomic mass is 19.3. The minimum Gasteiger partial charge on any atom is -0.433 e. The van der Waals surface area contributed by atoms with Crippen LogP contribution in [-0.2, 0) is 6.54 Å². The number of amides is 2. The molecule has 2 aliphatic heterocycles. The van der Waals surface area contributed by atoms with Crippen LogP contribution in [0, 0.1) is 5.41 Å². The van der Waals surface area contributed by atoms with Gasteiger partial charge in [-0.1, -0.05) is 0 Å². The summed E-state index contributed by atoms with van der Waals surface area (Å²) in [7, 11) is 0. The molecule has 0 radical (unpaired) electrons. The zero-order valence-corrected chi connectivity index (χ0v) is 13.4. The van der Waals surface area contributed by atoms with Crippen LogP contribution >= 0.6 is 0 Å². The molecule has 2 aliphatic rings. The summed E-state index contributed by atoms with van der Waals surface area (Å²) in [6, 6.07) is 2.88. The van der Waals surface area contributed by atoms with Crippen molar-refractivity contribution in [2.75, 3.05) is 26.2 Å². The maximum absolute atomic E-state index is 12.4. The topological polar surface area (TPSA) is 66.5 Å². The van der Waals surface area contributed by atoms with Crippen LogP contribution in [0.2, 0.25) is 0 Å². The third-order valence-corrected chi connectivity index (χ3v) is 4.72. The molecular formula is C16H22F2N4O2. The van der Waals surface area contributed by atoms with E-state index in [9.17, 15) is 13.6 Å². The van der Waals surface area contributed by atoms with Gasteiger partial charge in [-0.2, -0.15) is 8.78 Å². The van der Waals surface area contributed by atoms with Gasteiger partial charge >= 0.3 is 12.6 Å². The minimum absolute atomic E-state index is 0.00628. The van der Waals surface area contributed by atoms with E-state index < -0.39 is 6.61 Å². The summed E-state index contributed by atoms with van der Waals surface area (Å²) in [5, 5.41) is 6.24. The quantitative estimate of drug-likeness (QED) is 0.879. The van der Waals surface area contributed by atoms with Gasteiger partial charge in [-0.05, 0) is 37.9 Å². The molecule has 132 valence electrons. The molecule has 1 atom stereocenters. The van der Waals surface area contributed by atoms with Crippen molar-refractivity contribution in [2.24, 2.45) is 5.41 Å². The number of halogens is 2. The van der Waals surface area contributed by atoms with Crippen LogP contribution < -0.4 is 15.4 Å². The van der Waals surface area contributed by atoms with Crippen LogP contribution in [0.25, 0.3) is 0 Å². The molecule has 2 amide bonds. The number of aromatic nitrogens is 1. The van der Waals surface area contributed by atoms with Gasteiger partial charge < -0.3 is 20.3 Å². The normalized spacial score (nSPS) is 23.7. The van der Waals surface area contributed by atoms with Crippen LogP contribution in [0.3, 0.4) is 0 Å². The first kappa shape index (κ1) is 16.9. The average Bonchev–Trinajstić information content (AvgIpc) is 3.01. The lowest BCUT2D eigenvalue weighted by atomic mass is 9.79. The van der Waals surface area contributed by atoms with E-state index in [0.717, 1.165) is 45.4 Å². The largest absolute Gasteiger partial charge is 0.433 e. The Balaban J connectivity index is 1.50. The smallest absolute Gasteiger partial charge is 0.387 e. The summed E-state index contributed by atoms with van der Waals surface area (Å²) in [6.07, 6.45) is 4.53. The Bertz CT molecular complexity index is 562. The third-order valence-electron chi connectivity index (χ3n) is 4.72. The summed E-state index contributed by atoms with van der Waals surface area (Å²) in [4.78, 5) is 18.3. The Labute approximate surface area is 139 Å².